The number of rotatable bonds is 8. The van der Waals surface area contributed by atoms with Gasteiger partial charge in [0, 0.05) is 31.0 Å². The van der Waals surface area contributed by atoms with E-state index in [1.807, 2.05) is 31.8 Å². The Morgan fingerprint density at radius 1 is 1.35 bits per heavy atom. The Labute approximate surface area is 125 Å². The van der Waals surface area contributed by atoms with Crippen LogP contribution in [0.25, 0.3) is 0 Å². The highest BCUT2D eigenvalue weighted by Crippen LogP contribution is 2.42. The minimum atomic E-state index is 0.394. The quantitative estimate of drug-likeness (QED) is 0.769. The van der Waals surface area contributed by atoms with Crippen LogP contribution in [0.4, 0.5) is 11.6 Å². The van der Waals surface area contributed by atoms with Crippen LogP contribution in [0, 0.1) is 0 Å². The van der Waals surface area contributed by atoms with Gasteiger partial charge in [-0.25, -0.2) is 9.97 Å². The Kier molecular flexibility index (Phi) is 5.48. The molecule has 0 bridgehead atoms. The molecule has 1 aromatic rings. The van der Waals surface area contributed by atoms with Crippen LogP contribution >= 0.6 is 11.8 Å². The van der Waals surface area contributed by atoms with Gasteiger partial charge in [-0.15, -0.1) is 0 Å². The molecule has 0 atom stereocenters. The van der Waals surface area contributed by atoms with Crippen LogP contribution in [0.5, 0.6) is 0 Å². The predicted molar refractivity (Wildman–Crippen MR) is 85.5 cm³/mol. The number of aromatic nitrogens is 2. The van der Waals surface area contributed by atoms with Crippen molar-refractivity contribution in [1.29, 1.82) is 0 Å². The Morgan fingerprint density at radius 3 is 2.65 bits per heavy atom. The normalized spacial score (nSPS) is 16.6. The molecule has 1 aliphatic carbocycles. The molecule has 1 fully saturated rings. The Bertz CT molecular complexity index is 432. The number of anilines is 2. The van der Waals surface area contributed by atoms with E-state index < -0.39 is 0 Å². The Balaban J connectivity index is 2.02. The maximum absolute atomic E-state index is 5.39. The van der Waals surface area contributed by atoms with Gasteiger partial charge in [0.05, 0.1) is 0 Å². The first kappa shape index (κ1) is 15.4. The summed E-state index contributed by atoms with van der Waals surface area (Å²) < 4.78 is 5.78. The number of hydrogen-bond acceptors (Lipinski definition) is 6. The van der Waals surface area contributed by atoms with Crippen molar-refractivity contribution in [3.05, 3.63) is 11.9 Å². The van der Waals surface area contributed by atoms with Gasteiger partial charge >= 0.3 is 0 Å². The van der Waals surface area contributed by atoms with Crippen molar-refractivity contribution in [2.45, 2.75) is 37.5 Å². The van der Waals surface area contributed by atoms with E-state index in [4.69, 9.17) is 4.74 Å². The van der Waals surface area contributed by atoms with Crippen molar-refractivity contribution < 1.29 is 4.74 Å². The topological polar surface area (TPSA) is 59.1 Å². The maximum atomic E-state index is 5.39. The molecular weight excluding hydrogens is 272 g/mol. The molecule has 0 aromatic carbocycles. The Hall–Kier alpha value is -1.01. The van der Waals surface area contributed by atoms with E-state index in [9.17, 15) is 0 Å². The fourth-order valence-electron chi connectivity index (χ4n) is 2.25. The lowest BCUT2D eigenvalue weighted by molar-refractivity contribution is 0.128. The van der Waals surface area contributed by atoms with Crippen LogP contribution in [-0.4, -0.2) is 41.2 Å². The first-order chi connectivity index (χ1) is 9.71. The summed E-state index contributed by atoms with van der Waals surface area (Å²) in [6.45, 7) is 4.06. The van der Waals surface area contributed by atoms with Crippen LogP contribution in [-0.2, 0) is 11.3 Å². The first-order valence-corrected chi connectivity index (χ1v) is 8.36. The molecule has 0 amide bonds. The minimum Gasteiger partial charge on any atom is -0.374 e. The van der Waals surface area contributed by atoms with Crippen molar-refractivity contribution in [2.24, 2.45) is 0 Å². The molecule has 20 heavy (non-hydrogen) atoms. The standard InChI is InChI=1S/C14H24N4OS/c1-4-19-9-13-17-11(15-2)8-12(18-13)16-10-14(20-3)6-5-7-14/h8H,4-7,9-10H2,1-3H3,(H2,15,16,17,18). The molecule has 0 aliphatic heterocycles. The van der Waals surface area contributed by atoms with Gasteiger partial charge < -0.3 is 15.4 Å². The van der Waals surface area contributed by atoms with Gasteiger partial charge in [-0.2, -0.15) is 11.8 Å². The monoisotopic (exact) mass is 296 g/mol. The summed E-state index contributed by atoms with van der Waals surface area (Å²) >= 11 is 1.96. The molecule has 1 aromatic heterocycles. The highest BCUT2D eigenvalue weighted by molar-refractivity contribution is 8.00. The first-order valence-electron chi connectivity index (χ1n) is 7.14. The summed E-state index contributed by atoms with van der Waals surface area (Å²) in [5, 5.41) is 6.53. The molecule has 2 rings (SSSR count). The van der Waals surface area contributed by atoms with Gasteiger partial charge in [-0.05, 0) is 26.0 Å². The highest BCUT2D eigenvalue weighted by atomic mass is 32.2. The largest absolute Gasteiger partial charge is 0.374 e. The van der Waals surface area contributed by atoms with Crippen molar-refractivity contribution in [1.82, 2.24) is 9.97 Å². The average Bonchev–Trinajstić information content (AvgIpc) is 2.44. The minimum absolute atomic E-state index is 0.394. The molecule has 5 nitrogen and oxygen atoms in total. The smallest absolute Gasteiger partial charge is 0.158 e. The zero-order valence-electron chi connectivity index (χ0n) is 12.5. The van der Waals surface area contributed by atoms with E-state index in [-0.39, 0.29) is 0 Å². The van der Waals surface area contributed by atoms with Crippen LogP contribution in [0.2, 0.25) is 0 Å². The molecular formula is C14H24N4OS. The zero-order chi connectivity index (χ0) is 14.4. The SMILES string of the molecule is CCOCc1nc(NC)cc(NCC2(SC)CCC2)n1. The molecule has 112 valence electrons. The van der Waals surface area contributed by atoms with Gasteiger partial charge in [0.2, 0.25) is 0 Å². The van der Waals surface area contributed by atoms with E-state index in [2.05, 4.69) is 26.9 Å². The maximum Gasteiger partial charge on any atom is 0.158 e. The van der Waals surface area contributed by atoms with Gasteiger partial charge in [-0.1, -0.05) is 6.42 Å². The fraction of sp³-hybridized carbons (Fsp3) is 0.714. The van der Waals surface area contributed by atoms with E-state index in [1.165, 1.54) is 19.3 Å². The number of nitrogens with zero attached hydrogens (tertiary/aromatic N) is 2. The second kappa shape index (κ2) is 7.13. The van der Waals surface area contributed by atoms with Crippen molar-refractivity contribution in [3.63, 3.8) is 0 Å². The van der Waals surface area contributed by atoms with Crippen molar-refractivity contribution in [2.75, 3.05) is 37.1 Å². The molecule has 1 saturated carbocycles. The molecule has 1 aliphatic rings. The van der Waals surface area contributed by atoms with Gasteiger partial charge in [-0.3, -0.25) is 0 Å². The lowest BCUT2D eigenvalue weighted by Gasteiger charge is -2.40. The van der Waals surface area contributed by atoms with Crippen molar-refractivity contribution in [3.8, 4) is 0 Å². The molecule has 2 N–H and O–H groups in total. The third-order valence-corrected chi connectivity index (χ3v) is 5.17. The fourth-order valence-corrected chi connectivity index (χ4v) is 3.16. The van der Waals surface area contributed by atoms with E-state index >= 15 is 0 Å². The van der Waals surface area contributed by atoms with Crippen LogP contribution in [0.1, 0.15) is 32.0 Å². The van der Waals surface area contributed by atoms with E-state index in [1.54, 1.807) is 0 Å². The second-order valence-electron chi connectivity index (χ2n) is 5.04. The molecule has 1 heterocycles. The highest BCUT2D eigenvalue weighted by Gasteiger charge is 2.35. The number of ether oxygens (including phenoxy) is 1. The summed E-state index contributed by atoms with van der Waals surface area (Å²) in [6.07, 6.45) is 6.11. The summed E-state index contributed by atoms with van der Waals surface area (Å²) in [7, 11) is 1.87. The van der Waals surface area contributed by atoms with E-state index in [0.29, 0.717) is 23.8 Å². The predicted octanol–water partition coefficient (Wildman–Crippen LogP) is 2.75. The third kappa shape index (κ3) is 3.76. The molecule has 0 radical (unpaired) electrons. The lowest BCUT2D eigenvalue weighted by Crippen LogP contribution is -2.40. The summed E-state index contributed by atoms with van der Waals surface area (Å²) in [5.41, 5.74) is 0. The van der Waals surface area contributed by atoms with Crippen LogP contribution < -0.4 is 10.6 Å². The summed E-state index contributed by atoms with van der Waals surface area (Å²) in [4.78, 5) is 8.91. The number of nitrogens with one attached hydrogen (secondary N) is 2. The van der Waals surface area contributed by atoms with Crippen molar-refractivity contribution >= 4 is 23.4 Å². The number of hydrogen-bond donors (Lipinski definition) is 2. The van der Waals surface area contributed by atoms with Crippen LogP contribution in [0.15, 0.2) is 6.07 Å². The molecule has 0 spiro atoms. The summed E-state index contributed by atoms with van der Waals surface area (Å²) in [5.74, 6) is 2.41. The Morgan fingerprint density at radius 2 is 2.10 bits per heavy atom. The van der Waals surface area contributed by atoms with Gasteiger partial charge in [0.1, 0.15) is 18.2 Å². The average molecular weight is 296 g/mol. The second-order valence-corrected chi connectivity index (χ2v) is 6.31. The molecule has 0 saturated heterocycles. The van der Waals surface area contributed by atoms with Gasteiger partial charge in [0.15, 0.2) is 5.82 Å². The van der Waals surface area contributed by atoms with Gasteiger partial charge in [0.25, 0.3) is 0 Å². The van der Waals surface area contributed by atoms with E-state index in [0.717, 1.165) is 18.2 Å². The summed E-state index contributed by atoms with van der Waals surface area (Å²) in [6, 6.07) is 1.95. The lowest BCUT2D eigenvalue weighted by atomic mass is 9.84. The number of thioether (sulfide) groups is 1. The third-order valence-electron chi connectivity index (χ3n) is 3.75. The van der Waals surface area contributed by atoms with Crippen LogP contribution in [0.3, 0.4) is 0 Å². The zero-order valence-corrected chi connectivity index (χ0v) is 13.3. The molecule has 0 unspecified atom stereocenters. The molecule has 6 heteroatoms.